The number of carbonyl (C=O) groups is 1. The normalized spacial score (nSPS) is 11.6. The molecule has 0 aliphatic carbocycles. The Hall–Kier alpha value is -3.07. The second-order valence-corrected chi connectivity index (χ2v) is 6.14. The van der Waals surface area contributed by atoms with Crippen molar-refractivity contribution in [1.82, 2.24) is 0 Å². The van der Waals surface area contributed by atoms with Gasteiger partial charge in [0.25, 0.3) is 5.91 Å². The molecule has 0 aliphatic heterocycles. The lowest BCUT2D eigenvalue weighted by atomic mass is 10.0. The van der Waals surface area contributed by atoms with Crippen LogP contribution in [0.5, 0.6) is 5.75 Å². The number of amides is 1. The average Bonchev–Trinajstić information content (AvgIpc) is 2.69. The second kappa shape index (κ2) is 8.86. The summed E-state index contributed by atoms with van der Waals surface area (Å²) < 4.78 is 5.84. The van der Waals surface area contributed by atoms with E-state index in [-0.39, 0.29) is 5.91 Å². The fourth-order valence-electron chi connectivity index (χ4n) is 2.81. The van der Waals surface area contributed by atoms with Gasteiger partial charge in [-0.25, -0.2) is 0 Å². The Labute approximate surface area is 154 Å². The standard InChI is InChI=1S/C23H23NO2/c1-2-22(26-20-14-7-4-8-15-20)23(25)24-21-16-10-9-13-19(21)17-18-11-5-3-6-12-18/h3-16,22H,2,17H2,1H3,(H,24,25)/t22-/m1/s1. The van der Waals surface area contributed by atoms with Crippen LogP contribution < -0.4 is 10.1 Å². The molecular weight excluding hydrogens is 322 g/mol. The van der Waals surface area contributed by atoms with Gasteiger partial charge in [-0.2, -0.15) is 0 Å². The predicted octanol–water partition coefficient (Wildman–Crippen LogP) is 5.07. The van der Waals surface area contributed by atoms with Crippen molar-refractivity contribution in [3.63, 3.8) is 0 Å². The van der Waals surface area contributed by atoms with Gasteiger partial charge in [-0.3, -0.25) is 4.79 Å². The molecule has 3 aromatic carbocycles. The molecule has 26 heavy (non-hydrogen) atoms. The molecule has 3 heteroatoms. The summed E-state index contributed by atoms with van der Waals surface area (Å²) in [6.07, 6.45) is 0.844. The first-order valence-corrected chi connectivity index (χ1v) is 8.90. The smallest absolute Gasteiger partial charge is 0.265 e. The summed E-state index contributed by atoms with van der Waals surface area (Å²) in [6, 6.07) is 27.6. The number of benzene rings is 3. The van der Waals surface area contributed by atoms with Crippen molar-refractivity contribution in [2.24, 2.45) is 0 Å². The molecule has 3 nitrogen and oxygen atoms in total. The van der Waals surface area contributed by atoms with E-state index in [2.05, 4.69) is 17.4 Å². The minimum atomic E-state index is -0.526. The van der Waals surface area contributed by atoms with Crippen molar-refractivity contribution in [2.45, 2.75) is 25.9 Å². The maximum Gasteiger partial charge on any atom is 0.265 e. The SMILES string of the molecule is CC[C@@H](Oc1ccccc1)C(=O)Nc1ccccc1Cc1ccccc1. The van der Waals surface area contributed by atoms with Gasteiger partial charge in [0.2, 0.25) is 0 Å². The van der Waals surface area contributed by atoms with E-state index in [1.165, 1.54) is 5.56 Å². The van der Waals surface area contributed by atoms with Crippen molar-refractivity contribution >= 4 is 11.6 Å². The highest BCUT2D eigenvalue weighted by Gasteiger charge is 2.19. The zero-order chi connectivity index (χ0) is 18.2. The third-order valence-electron chi connectivity index (χ3n) is 4.20. The van der Waals surface area contributed by atoms with Crippen LogP contribution in [0.3, 0.4) is 0 Å². The van der Waals surface area contributed by atoms with Crippen LogP contribution in [0.1, 0.15) is 24.5 Å². The first kappa shape index (κ1) is 17.7. The van der Waals surface area contributed by atoms with Crippen LogP contribution in [0.15, 0.2) is 84.9 Å². The molecule has 0 aromatic heterocycles. The molecular formula is C23H23NO2. The molecule has 0 heterocycles. The van der Waals surface area contributed by atoms with E-state index >= 15 is 0 Å². The number of hydrogen-bond donors (Lipinski definition) is 1. The molecule has 0 aliphatic rings. The van der Waals surface area contributed by atoms with Crippen molar-refractivity contribution in [1.29, 1.82) is 0 Å². The van der Waals surface area contributed by atoms with Gasteiger partial charge in [-0.1, -0.05) is 73.7 Å². The largest absolute Gasteiger partial charge is 0.481 e. The number of para-hydroxylation sites is 2. The Bertz CT molecular complexity index is 831. The zero-order valence-electron chi connectivity index (χ0n) is 14.9. The highest BCUT2D eigenvalue weighted by molar-refractivity contribution is 5.95. The number of carbonyl (C=O) groups excluding carboxylic acids is 1. The quantitative estimate of drug-likeness (QED) is 0.649. The van der Waals surface area contributed by atoms with Gasteiger partial charge >= 0.3 is 0 Å². The lowest BCUT2D eigenvalue weighted by Gasteiger charge is -2.18. The molecule has 3 aromatic rings. The van der Waals surface area contributed by atoms with Gasteiger partial charge in [0.15, 0.2) is 6.10 Å². The van der Waals surface area contributed by atoms with Crippen LogP contribution in [-0.2, 0) is 11.2 Å². The van der Waals surface area contributed by atoms with Crippen molar-refractivity contribution in [2.75, 3.05) is 5.32 Å². The molecule has 0 saturated heterocycles. The van der Waals surface area contributed by atoms with Crippen molar-refractivity contribution in [3.8, 4) is 5.75 Å². The van der Waals surface area contributed by atoms with Crippen LogP contribution >= 0.6 is 0 Å². The van der Waals surface area contributed by atoms with Crippen LogP contribution in [0.2, 0.25) is 0 Å². The highest BCUT2D eigenvalue weighted by Crippen LogP contribution is 2.20. The number of ether oxygens (including phenoxy) is 1. The maximum absolute atomic E-state index is 12.7. The van der Waals surface area contributed by atoms with Crippen LogP contribution in [0.4, 0.5) is 5.69 Å². The van der Waals surface area contributed by atoms with Crippen LogP contribution in [0.25, 0.3) is 0 Å². The Balaban J connectivity index is 1.72. The van der Waals surface area contributed by atoms with E-state index in [9.17, 15) is 4.79 Å². The third kappa shape index (κ3) is 4.73. The summed E-state index contributed by atoms with van der Waals surface area (Å²) in [6.45, 7) is 1.95. The van der Waals surface area contributed by atoms with Gasteiger partial charge in [0.05, 0.1) is 0 Å². The van der Waals surface area contributed by atoms with E-state index in [1.807, 2.05) is 79.7 Å². The van der Waals surface area contributed by atoms with Gasteiger partial charge in [0, 0.05) is 5.69 Å². The topological polar surface area (TPSA) is 38.3 Å². The second-order valence-electron chi connectivity index (χ2n) is 6.14. The van der Waals surface area contributed by atoms with Crippen LogP contribution in [-0.4, -0.2) is 12.0 Å². The van der Waals surface area contributed by atoms with E-state index in [0.717, 1.165) is 17.7 Å². The van der Waals surface area contributed by atoms with E-state index in [0.29, 0.717) is 12.2 Å². The molecule has 1 amide bonds. The maximum atomic E-state index is 12.7. The summed E-state index contributed by atoms with van der Waals surface area (Å²) in [5.74, 6) is 0.573. The summed E-state index contributed by atoms with van der Waals surface area (Å²) in [5, 5.41) is 3.04. The number of hydrogen-bond acceptors (Lipinski definition) is 2. The fourth-order valence-corrected chi connectivity index (χ4v) is 2.81. The predicted molar refractivity (Wildman–Crippen MR) is 105 cm³/mol. The first-order valence-electron chi connectivity index (χ1n) is 8.90. The third-order valence-corrected chi connectivity index (χ3v) is 4.20. The molecule has 132 valence electrons. The summed E-state index contributed by atoms with van der Waals surface area (Å²) in [4.78, 5) is 12.7. The molecule has 3 rings (SSSR count). The Morgan fingerprint density at radius 1 is 0.885 bits per heavy atom. The molecule has 1 atom stereocenters. The molecule has 0 unspecified atom stereocenters. The highest BCUT2D eigenvalue weighted by atomic mass is 16.5. The molecule has 1 N–H and O–H groups in total. The Kier molecular flexibility index (Phi) is 6.05. The number of nitrogens with one attached hydrogen (secondary N) is 1. The summed E-state index contributed by atoms with van der Waals surface area (Å²) in [5.41, 5.74) is 3.12. The van der Waals surface area contributed by atoms with Crippen LogP contribution in [0, 0.1) is 0 Å². The monoisotopic (exact) mass is 345 g/mol. The lowest BCUT2D eigenvalue weighted by Crippen LogP contribution is -2.32. The van der Waals surface area contributed by atoms with Gasteiger partial charge < -0.3 is 10.1 Å². The van der Waals surface area contributed by atoms with Crippen molar-refractivity contribution < 1.29 is 9.53 Å². The summed E-state index contributed by atoms with van der Waals surface area (Å²) >= 11 is 0. The molecule has 0 radical (unpaired) electrons. The lowest BCUT2D eigenvalue weighted by molar-refractivity contribution is -0.122. The zero-order valence-corrected chi connectivity index (χ0v) is 14.9. The molecule has 0 spiro atoms. The molecule has 0 bridgehead atoms. The van der Waals surface area contributed by atoms with Crippen molar-refractivity contribution in [3.05, 3.63) is 96.1 Å². The van der Waals surface area contributed by atoms with Gasteiger partial charge in [0.1, 0.15) is 5.75 Å². The molecule has 0 saturated carbocycles. The van der Waals surface area contributed by atoms with E-state index in [1.54, 1.807) is 0 Å². The number of anilines is 1. The fraction of sp³-hybridized carbons (Fsp3) is 0.174. The van der Waals surface area contributed by atoms with E-state index < -0.39 is 6.10 Å². The Morgan fingerprint density at radius 3 is 2.19 bits per heavy atom. The first-order chi connectivity index (χ1) is 12.8. The Morgan fingerprint density at radius 2 is 1.50 bits per heavy atom. The summed E-state index contributed by atoms with van der Waals surface area (Å²) in [7, 11) is 0. The average molecular weight is 345 g/mol. The minimum absolute atomic E-state index is 0.128. The minimum Gasteiger partial charge on any atom is -0.481 e. The van der Waals surface area contributed by atoms with Gasteiger partial charge in [-0.15, -0.1) is 0 Å². The van der Waals surface area contributed by atoms with Gasteiger partial charge in [-0.05, 0) is 42.2 Å². The number of rotatable bonds is 7. The molecule has 0 fully saturated rings. The van der Waals surface area contributed by atoms with E-state index in [4.69, 9.17) is 4.74 Å².